The maximum Gasteiger partial charge on any atom is 0.457 e. The molecule has 0 bridgehead atoms. The summed E-state index contributed by atoms with van der Waals surface area (Å²) in [4.78, 5) is 11.7. The zero-order valence-electron chi connectivity index (χ0n) is 9.07. The Morgan fingerprint density at radius 1 is 1.29 bits per heavy atom. The molecule has 17 heavy (non-hydrogen) atoms. The molecular formula is C9H12N2O5S. The van der Waals surface area contributed by atoms with Gasteiger partial charge in [-0.1, -0.05) is 22.8 Å². The first-order valence-electron chi connectivity index (χ1n) is 4.53. The molecule has 0 aliphatic carbocycles. The Morgan fingerprint density at radius 3 is 2.00 bits per heavy atom. The quantitative estimate of drug-likeness (QED) is 0.841. The molecule has 1 rings (SSSR count). The van der Waals surface area contributed by atoms with Crippen LogP contribution in [0.15, 0.2) is 30.3 Å². The van der Waals surface area contributed by atoms with Crippen molar-refractivity contribution in [2.24, 2.45) is 5.14 Å². The predicted molar refractivity (Wildman–Crippen MR) is 59.3 cm³/mol. The number of rotatable bonds is 2. The molecule has 7 nitrogen and oxygen atoms in total. The first-order chi connectivity index (χ1) is 7.75. The van der Waals surface area contributed by atoms with Crippen molar-refractivity contribution in [1.29, 1.82) is 0 Å². The summed E-state index contributed by atoms with van der Waals surface area (Å²) in [7, 11) is -4.42. The molecule has 0 aliphatic rings. The highest BCUT2D eigenvalue weighted by Crippen LogP contribution is 2.12. The first kappa shape index (κ1) is 15.4. The van der Waals surface area contributed by atoms with Gasteiger partial charge in [0.1, 0.15) is 0 Å². The first-order valence-corrected chi connectivity index (χ1v) is 6.00. The van der Waals surface area contributed by atoms with Gasteiger partial charge in [0.2, 0.25) is 0 Å². The van der Waals surface area contributed by atoms with Crippen LogP contribution in [-0.4, -0.2) is 21.1 Å². The van der Waals surface area contributed by atoms with Crippen LogP contribution in [0.1, 0.15) is 6.92 Å². The van der Waals surface area contributed by atoms with Crippen LogP contribution in [0.2, 0.25) is 0 Å². The van der Waals surface area contributed by atoms with Crippen LogP contribution in [0.3, 0.4) is 0 Å². The van der Waals surface area contributed by atoms with Crippen molar-refractivity contribution in [1.82, 2.24) is 0 Å². The molecule has 0 saturated heterocycles. The number of hydrogen-bond donors (Lipinski definition) is 1. The molecule has 0 saturated carbocycles. The largest absolute Gasteiger partial charge is 0.457 e. The van der Waals surface area contributed by atoms with Crippen LogP contribution in [0.4, 0.5) is 10.5 Å². The monoisotopic (exact) mass is 260 g/mol. The Labute approximate surface area is 99.4 Å². The average molecular weight is 260 g/mol. The lowest BCUT2D eigenvalue weighted by molar-refractivity contribution is 0.177. The van der Waals surface area contributed by atoms with Gasteiger partial charge >= 0.3 is 16.4 Å². The molecular weight excluding hydrogens is 248 g/mol. The van der Waals surface area contributed by atoms with Crippen LogP contribution in [0.25, 0.3) is 0 Å². The van der Waals surface area contributed by atoms with Crippen LogP contribution < -0.4 is 10.0 Å². The van der Waals surface area contributed by atoms with E-state index in [0.717, 1.165) is 0 Å². The van der Waals surface area contributed by atoms with Crippen molar-refractivity contribution in [2.75, 3.05) is 11.4 Å². The smallest absolute Gasteiger partial charge is 0.275 e. The Hall–Kier alpha value is -1.64. The molecule has 0 fully saturated rings. The molecule has 2 radical (unpaired) electrons. The predicted octanol–water partition coefficient (Wildman–Crippen LogP) is 0.684. The van der Waals surface area contributed by atoms with Gasteiger partial charge in [-0.2, -0.15) is 8.42 Å². The topological polar surface area (TPSA) is 120 Å². The van der Waals surface area contributed by atoms with E-state index in [-0.39, 0.29) is 0 Å². The summed E-state index contributed by atoms with van der Waals surface area (Å²) in [6.45, 7) is 2.18. The van der Waals surface area contributed by atoms with E-state index in [1.165, 1.54) is 4.90 Å². The number of benzene rings is 1. The Morgan fingerprint density at radius 2 is 1.71 bits per heavy atom. The fourth-order valence-electron chi connectivity index (χ4n) is 1.03. The van der Waals surface area contributed by atoms with Gasteiger partial charge in [-0.25, -0.2) is 15.0 Å². The third-order valence-corrected chi connectivity index (χ3v) is 1.60. The summed E-state index contributed by atoms with van der Waals surface area (Å²) in [5.74, 6) is 0. The lowest BCUT2D eigenvalue weighted by Crippen LogP contribution is -2.27. The van der Waals surface area contributed by atoms with Gasteiger partial charge in [0.15, 0.2) is 0 Å². The summed E-state index contributed by atoms with van der Waals surface area (Å²) in [5, 5.41) is 14.3. The van der Waals surface area contributed by atoms with Crippen LogP contribution >= 0.6 is 0 Å². The Balaban J connectivity index is 0.000000437. The summed E-state index contributed by atoms with van der Waals surface area (Å²) in [6, 6.07) is 8.90. The second-order valence-electron chi connectivity index (χ2n) is 2.84. The zero-order chi connectivity index (χ0) is 13.5. The molecule has 1 aromatic carbocycles. The van der Waals surface area contributed by atoms with Crippen molar-refractivity contribution < 1.29 is 22.9 Å². The summed E-state index contributed by atoms with van der Waals surface area (Å²) >= 11 is 0. The molecule has 0 atom stereocenters. The van der Waals surface area contributed by atoms with E-state index in [0.29, 0.717) is 12.2 Å². The molecule has 0 unspecified atom stereocenters. The second kappa shape index (κ2) is 6.84. The van der Waals surface area contributed by atoms with Gasteiger partial charge in [0.25, 0.3) is 0 Å². The minimum atomic E-state index is -4.42. The van der Waals surface area contributed by atoms with Crippen molar-refractivity contribution in [3.8, 4) is 0 Å². The molecule has 1 aromatic rings. The minimum absolute atomic E-state index is 0.409. The highest BCUT2D eigenvalue weighted by atomic mass is 32.2. The molecule has 8 heteroatoms. The van der Waals surface area contributed by atoms with Crippen molar-refractivity contribution in [3.05, 3.63) is 30.3 Å². The number of hydrogen-bond acceptors (Lipinski definition) is 3. The second-order valence-corrected chi connectivity index (χ2v) is 3.82. The van der Waals surface area contributed by atoms with Gasteiger partial charge in [-0.3, -0.25) is 4.90 Å². The molecule has 1 amide bonds. The zero-order valence-corrected chi connectivity index (χ0v) is 9.88. The van der Waals surface area contributed by atoms with E-state index in [1.54, 1.807) is 31.2 Å². The molecule has 94 valence electrons. The van der Waals surface area contributed by atoms with Crippen molar-refractivity contribution in [3.63, 3.8) is 0 Å². The van der Waals surface area contributed by atoms with Crippen molar-refractivity contribution in [2.45, 2.75) is 6.92 Å². The highest BCUT2D eigenvalue weighted by Gasteiger charge is 2.12. The van der Waals surface area contributed by atoms with E-state index < -0.39 is 16.4 Å². The average Bonchev–Trinajstić information content (AvgIpc) is 2.17. The van der Waals surface area contributed by atoms with Gasteiger partial charge in [-0.15, -0.1) is 0 Å². The summed E-state index contributed by atoms with van der Waals surface area (Å²) < 4.78 is 26.6. The molecule has 0 spiro atoms. The van der Waals surface area contributed by atoms with E-state index in [9.17, 15) is 9.90 Å². The van der Waals surface area contributed by atoms with Crippen LogP contribution in [0, 0.1) is 0 Å². The van der Waals surface area contributed by atoms with E-state index in [2.05, 4.69) is 5.14 Å². The lowest BCUT2D eigenvalue weighted by Gasteiger charge is -2.14. The molecule has 2 N–H and O–H groups in total. The number of nitrogens with zero attached hydrogens (tertiary/aromatic N) is 1. The van der Waals surface area contributed by atoms with Gasteiger partial charge < -0.3 is 0 Å². The number of amides is 1. The number of carbonyl (C=O) groups excluding carboxylic acids is 1. The standard InChI is InChI=1S/C9H10NO2.H2NO3S/c1-2-10(9(11)12)8-6-4-3-5-7-8;1-5(2,3)4/h3-7H,2H2,1H3;(H2,1,2,3). The van der Waals surface area contributed by atoms with Crippen LogP contribution in [-0.2, 0) is 20.0 Å². The molecule has 0 heterocycles. The summed E-state index contributed by atoms with van der Waals surface area (Å²) in [6.07, 6.45) is -1.16. The normalized spacial score (nSPS) is 10.1. The van der Waals surface area contributed by atoms with Gasteiger partial charge in [-0.05, 0) is 19.1 Å². The Kier molecular flexibility index (Phi) is 6.18. The fourth-order valence-corrected chi connectivity index (χ4v) is 1.03. The lowest BCUT2D eigenvalue weighted by atomic mass is 10.3. The number of nitrogens with two attached hydrogens (primary N) is 1. The molecule has 0 aliphatic heterocycles. The van der Waals surface area contributed by atoms with E-state index in [4.69, 9.17) is 13.0 Å². The van der Waals surface area contributed by atoms with Gasteiger partial charge in [0, 0.05) is 12.2 Å². The highest BCUT2D eigenvalue weighted by molar-refractivity contribution is 7.83. The number of carbonyl (C=O) groups is 1. The minimum Gasteiger partial charge on any atom is -0.275 e. The summed E-state index contributed by atoms with van der Waals surface area (Å²) in [5.41, 5.74) is 0.653. The maximum absolute atomic E-state index is 10.5. The Bertz CT molecular complexity index is 438. The van der Waals surface area contributed by atoms with Crippen LogP contribution in [0.5, 0.6) is 0 Å². The van der Waals surface area contributed by atoms with E-state index in [1.807, 2.05) is 6.07 Å². The fraction of sp³-hybridized carbons (Fsp3) is 0.222. The van der Waals surface area contributed by atoms with E-state index >= 15 is 0 Å². The third kappa shape index (κ3) is 8.20. The SMILES string of the molecule is CCN(C([O])=O)c1ccccc1.NS([O])(=O)=O. The number of para-hydroxylation sites is 1. The maximum atomic E-state index is 10.5. The third-order valence-electron chi connectivity index (χ3n) is 1.60. The van der Waals surface area contributed by atoms with Crippen molar-refractivity contribution >= 4 is 22.1 Å². The molecule has 0 aromatic heterocycles. The number of anilines is 1. The van der Waals surface area contributed by atoms with Gasteiger partial charge in [0.05, 0.1) is 0 Å².